The minimum absolute atomic E-state index is 0.272. The van der Waals surface area contributed by atoms with Crippen LogP contribution in [0.15, 0.2) is 24.8 Å². The predicted octanol–water partition coefficient (Wildman–Crippen LogP) is 1.92. The Hall–Kier alpha value is -1.78. The Morgan fingerprint density at radius 1 is 1.20 bits per heavy atom. The van der Waals surface area contributed by atoms with Crippen molar-refractivity contribution in [3.05, 3.63) is 36.4 Å². The van der Waals surface area contributed by atoms with E-state index in [1.165, 1.54) is 0 Å². The second-order valence-corrected chi connectivity index (χ2v) is 3.51. The van der Waals surface area contributed by atoms with Gasteiger partial charge in [0.1, 0.15) is 5.82 Å². The molecule has 0 unspecified atom stereocenters. The SMILES string of the molecule is CC(C)c1nccn1-c1ncc(F)cn1. The first-order valence-corrected chi connectivity index (χ1v) is 4.69. The third-order valence-corrected chi connectivity index (χ3v) is 2.01. The molecule has 0 bridgehead atoms. The molecule has 2 heterocycles. The predicted molar refractivity (Wildman–Crippen MR) is 53.2 cm³/mol. The lowest BCUT2D eigenvalue weighted by molar-refractivity contribution is 0.609. The van der Waals surface area contributed by atoms with E-state index in [4.69, 9.17) is 0 Å². The first kappa shape index (κ1) is 9.76. The van der Waals surface area contributed by atoms with Gasteiger partial charge in [-0.15, -0.1) is 0 Å². The van der Waals surface area contributed by atoms with Crippen LogP contribution in [0.4, 0.5) is 4.39 Å². The fourth-order valence-electron chi connectivity index (χ4n) is 1.34. The highest BCUT2D eigenvalue weighted by atomic mass is 19.1. The van der Waals surface area contributed by atoms with Crippen LogP contribution in [0.3, 0.4) is 0 Å². The van der Waals surface area contributed by atoms with Gasteiger partial charge in [0.25, 0.3) is 0 Å². The molecule has 78 valence electrons. The molecule has 0 saturated carbocycles. The summed E-state index contributed by atoms with van der Waals surface area (Å²) in [5.41, 5.74) is 0. The van der Waals surface area contributed by atoms with Crippen LogP contribution in [-0.2, 0) is 0 Å². The monoisotopic (exact) mass is 206 g/mol. The standard InChI is InChI=1S/C10H11FN4/c1-7(2)9-12-3-4-15(9)10-13-5-8(11)6-14-10/h3-7H,1-2H3. The number of halogens is 1. The van der Waals surface area contributed by atoms with Gasteiger partial charge in [-0.25, -0.2) is 19.3 Å². The molecule has 0 spiro atoms. The zero-order valence-electron chi connectivity index (χ0n) is 8.55. The third-order valence-electron chi connectivity index (χ3n) is 2.01. The maximum absolute atomic E-state index is 12.6. The van der Waals surface area contributed by atoms with Crippen LogP contribution in [0.2, 0.25) is 0 Å². The lowest BCUT2D eigenvalue weighted by atomic mass is 10.2. The summed E-state index contributed by atoms with van der Waals surface area (Å²) in [5, 5.41) is 0. The van der Waals surface area contributed by atoms with Gasteiger partial charge >= 0.3 is 0 Å². The van der Waals surface area contributed by atoms with Crippen molar-refractivity contribution in [3.8, 4) is 5.95 Å². The second-order valence-electron chi connectivity index (χ2n) is 3.51. The number of rotatable bonds is 2. The van der Waals surface area contributed by atoms with Gasteiger partial charge in [0, 0.05) is 18.3 Å². The molecule has 4 nitrogen and oxygen atoms in total. The maximum atomic E-state index is 12.6. The van der Waals surface area contributed by atoms with Gasteiger partial charge in [-0.05, 0) is 0 Å². The molecule has 0 aliphatic heterocycles. The Labute approximate surface area is 86.8 Å². The van der Waals surface area contributed by atoms with E-state index in [0.29, 0.717) is 5.95 Å². The van der Waals surface area contributed by atoms with Gasteiger partial charge < -0.3 is 0 Å². The molecule has 2 rings (SSSR count). The molecule has 0 amide bonds. The number of imidazole rings is 1. The average molecular weight is 206 g/mol. The molecular formula is C10H11FN4. The van der Waals surface area contributed by atoms with Crippen LogP contribution < -0.4 is 0 Å². The summed E-state index contributed by atoms with van der Waals surface area (Å²) in [6, 6.07) is 0. The van der Waals surface area contributed by atoms with Gasteiger partial charge in [0.15, 0.2) is 5.82 Å². The van der Waals surface area contributed by atoms with Crippen LogP contribution in [0.25, 0.3) is 5.95 Å². The van der Waals surface area contributed by atoms with Gasteiger partial charge in [-0.1, -0.05) is 13.8 Å². The van der Waals surface area contributed by atoms with Crippen LogP contribution >= 0.6 is 0 Å². The van der Waals surface area contributed by atoms with Crippen LogP contribution in [0.1, 0.15) is 25.6 Å². The number of nitrogens with zero attached hydrogens (tertiary/aromatic N) is 4. The number of hydrogen-bond donors (Lipinski definition) is 0. The van der Waals surface area contributed by atoms with E-state index in [9.17, 15) is 4.39 Å². The molecule has 15 heavy (non-hydrogen) atoms. The molecule has 2 aromatic heterocycles. The fraction of sp³-hybridized carbons (Fsp3) is 0.300. The quantitative estimate of drug-likeness (QED) is 0.754. The van der Waals surface area contributed by atoms with Crippen molar-refractivity contribution in [1.29, 1.82) is 0 Å². The lowest BCUT2D eigenvalue weighted by Gasteiger charge is -2.07. The molecular weight excluding hydrogens is 195 g/mol. The van der Waals surface area contributed by atoms with Gasteiger partial charge in [0.05, 0.1) is 12.4 Å². The fourth-order valence-corrected chi connectivity index (χ4v) is 1.34. The highest BCUT2D eigenvalue weighted by Crippen LogP contribution is 2.14. The summed E-state index contributed by atoms with van der Waals surface area (Å²) < 4.78 is 14.4. The maximum Gasteiger partial charge on any atom is 0.235 e. The van der Waals surface area contributed by atoms with E-state index in [1.54, 1.807) is 17.0 Å². The zero-order valence-corrected chi connectivity index (χ0v) is 8.55. The lowest BCUT2D eigenvalue weighted by Crippen LogP contribution is -2.06. The first-order chi connectivity index (χ1) is 7.18. The Kier molecular flexibility index (Phi) is 2.45. The van der Waals surface area contributed by atoms with Crippen LogP contribution in [-0.4, -0.2) is 19.5 Å². The van der Waals surface area contributed by atoms with E-state index in [1.807, 2.05) is 13.8 Å². The smallest absolute Gasteiger partial charge is 0.235 e. The molecule has 0 radical (unpaired) electrons. The minimum atomic E-state index is -0.440. The average Bonchev–Trinajstić information content (AvgIpc) is 2.67. The van der Waals surface area contributed by atoms with Crippen molar-refractivity contribution in [2.24, 2.45) is 0 Å². The summed E-state index contributed by atoms with van der Waals surface area (Å²) in [7, 11) is 0. The summed E-state index contributed by atoms with van der Waals surface area (Å²) >= 11 is 0. The molecule has 0 atom stereocenters. The minimum Gasteiger partial charge on any atom is -0.272 e. The Morgan fingerprint density at radius 3 is 2.47 bits per heavy atom. The molecule has 2 aromatic rings. The van der Waals surface area contributed by atoms with E-state index in [-0.39, 0.29) is 5.92 Å². The van der Waals surface area contributed by atoms with Crippen molar-refractivity contribution < 1.29 is 4.39 Å². The summed E-state index contributed by atoms with van der Waals surface area (Å²) in [4.78, 5) is 12.0. The van der Waals surface area contributed by atoms with Crippen molar-refractivity contribution in [2.75, 3.05) is 0 Å². The second kappa shape index (κ2) is 3.76. The Bertz CT molecular complexity index is 447. The summed E-state index contributed by atoms with van der Waals surface area (Å²) in [5.74, 6) is 1.14. The Balaban J connectivity index is 2.45. The van der Waals surface area contributed by atoms with Crippen molar-refractivity contribution >= 4 is 0 Å². The van der Waals surface area contributed by atoms with E-state index in [0.717, 1.165) is 18.2 Å². The molecule has 0 N–H and O–H groups in total. The van der Waals surface area contributed by atoms with E-state index < -0.39 is 5.82 Å². The molecule has 0 saturated heterocycles. The van der Waals surface area contributed by atoms with E-state index in [2.05, 4.69) is 15.0 Å². The van der Waals surface area contributed by atoms with Crippen molar-refractivity contribution in [1.82, 2.24) is 19.5 Å². The molecule has 0 aliphatic rings. The third kappa shape index (κ3) is 1.86. The highest BCUT2D eigenvalue weighted by Gasteiger charge is 2.10. The van der Waals surface area contributed by atoms with Gasteiger partial charge in [-0.3, -0.25) is 4.57 Å². The highest BCUT2D eigenvalue weighted by molar-refractivity contribution is 5.16. The summed E-state index contributed by atoms with van der Waals surface area (Å²) in [6.45, 7) is 4.06. The van der Waals surface area contributed by atoms with Crippen molar-refractivity contribution in [2.45, 2.75) is 19.8 Å². The normalized spacial score (nSPS) is 10.9. The van der Waals surface area contributed by atoms with Crippen LogP contribution in [0.5, 0.6) is 0 Å². The number of aromatic nitrogens is 4. The van der Waals surface area contributed by atoms with Gasteiger partial charge in [0.2, 0.25) is 5.95 Å². The first-order valence-electron chi connectivity index (χ1n) is 4.69. The van der Waals surface area contributed by atoms with Gasteiger partial charge in [-0.2, -0.15) is 0 Å². The van der Waals surface area contributed by atoms with E-state index >= 15 is 0 Å². The largest absolute Gasteiger partial charge is 0.272 e. The number of hydrogen-bond acceptors (Lipinski definition) is 3. The topological polar surface area (TPSA) is 43.6 Å². The zero-order chi connectivity index (χ0) is 10.8. The summed E-state index contributed by atoms with van der Waals surface area (Å²) in [6.07, 6.45) is 5.74. The van der Waals surface area contributed by atoms with Crippen molar-refractivity contribution in [3.63, 3.8) is 0 Å². The molecule has 0 aliphatic carbocycles. The van der Waals surface area contributed by atoms with Crippen LogP contribution in [0, 0.1) is 5.82 Å². The Morgan fingerprint density at radius 2 is 1.87 bits per heavy atom. The molecule has 0 fully saturated rings. The molecule has 5 heteroatoms. The molecule has 0 aromatic carbocycles.